The molecule has 0 radical (unpaired) electrons. The van der Waals surface area contributed by atoms with E-state index in [-0.39, 0.29) is 10.7 Å². The maximum Gasteiger partial charge on any atom is 0.263 e. The number of aromatic amines is 1. The van der Waals surface area contributed by atoms with Crippen molar-refractivity contribution in [1.82, 2.24) is 10.2 Å². The minimum absolute atomic E-state index is 0.211. The fraction of sp³-hybridized carbons (Fsp3) is 0.118. The molecule has 0 saturated carbocycles. The summed E-state index contributed by atoms with van der Waals surface area (Å²) in [4.78, 5) is 0.211. The number of nitrogens with one attached hydrogen (secondary N) is 2. The first kappa shape index (κ1) is 15.3. The summed E-state index contributed by atoms with van der Waals surface area (Å²) >= 11 is 0. The van der Waals surface area contributed by atoms with Crippen molar-refractivity contribution < 1.29 is 8.42 Å². The van der Waals surface area contributed by atoms with Crippen molar-refractivity contribution in [3.8, 4) is 11.3 Å². The van der Waals surface area contributed by atoms with E-state index in [2.05, 4.69) is 14.9 Å². The Labute approximate surface area is 135 Å². The van der Waals surface area contributed by atoms with Crippen LogP contribution in [0.1, 0.15) is 11.1 Å². The Bertz CT molecular complexity index is 928. The summed E-state index contributed by atoms with van der Waals surface area (Å²) in [5.41, 5.74) is 3.85. The molecule has 3 aromatic rings. The summed E-state index contributed by atoms with van der Waals surface area (Å²) < 4.78 is 27.2. The fourth-order valence-electron chi connectivity index (χ4n) is 2.25. The molecule has 0 spiro atoms. The second-order valence-corrected chi connectivity index (χ2v) is 7.14. The first-order valence-electron chi connectivity index (χ1n) is 7.16. The first-order valence-corrected chi connectivity index (χ1v) is 8.64. The van der Waals surface area contributed by atoms with Crippen molar-refractivity contribution in [2.24, 2.45) is 0 Å². The Morgan fingerprint density at radius 3 is 2.39 bits per heavy atom. The number of sulfonamides is 1. The van der Waals surface area contributed by atoms with Crippen LogP contribution in [0.5, 0.6) is 0 Å². The third-order valence-corrected chi connectivity index (χ3v) is 4.85. The van der Waals surface area contributed by atoms with E-state index in [0.29, 0.717) is 0 Å². The van der Waals surface area contributed by atoms with E-state index in [1.54, 1.807) is 30.3 Å². The van der Waals surface area contributed by atoms with Crippen LogP contribution in [0.2, 0.25) is 0 Å². The van der Waals surface area contributed by atoms with Gasteiger partial charge in [0.25, 0.3) is 10.0 Å². The van der Waals surface area contributed by atoms with Crippen LogP contribution < -0.4 is 4.72 Å². The minimum Gasteiger partial charge on any atom is -0.276 e. The Morgan fingerprint density at radius 1 is 0.957 bits per heavy atom. The van der Waals surface area contributed by atoms with E-state index in [1.165, 1.54) is 0 Å². The minimum atomic E-state index is -3.64. The molecule has 6 heteroatoms. The molecule has 0 amide bonds. The molecule has 118 valence electrons. The number of anilines is 1. The number of H-pyrrole nitrogens is 1. The van der Waals surface area contributed by atoms with E-state index in [1.807, 2.05) is 38.1 Å². The van der Waals surface area contributed by atoms with Gasteiger partial charge in [0.2, 0.25) is 0 Å². The lowest BCUT2D eigenvalue weighted by atomic mass is 10.1. The summed E-state index contributed by atoms with van der Waals surface area (Å²) in [5, 5.41) is 6.89. The molecule has 0 atom stereocenters. The van der Waals surface area contributed by atoms with Crippen molar-refractivity contribution in [2.75, 3.05) is 4.72 Å². The topological polar surface area (TPSA) is 74.8 Å². The van der Waals surface area contributed by atoms with Crippen LogP contribution in [0, 0.1) is 13.8 Å². The second-order valence-electron chi connectivity index (χ2n) is 5.45. The van der Waals surface area contributed by atoms with Crippen molar-refractivity contribution in [3.05, 3.63) is 65.7 Å². The van der Waals surface area contributed by atoms with Gasteiger partial charge < -0.3 is 0 Å². The van der Waals surface area contributed by atoms with Gasteiger partial charge in [-0.2, -0.15) is 5.10 Å². The normalized spacial score (nSPS) is 11.4. The molecule has 0 bridgehead atoms. The van der Waals surface area contributed by atoms with Crippen LogP contribution in [0.25, 0.3) is 11.3 Å². The van der Waals surface area contributed by atoms with Crippen molar-refractivity contribution in [3.63, 3.8) is 0 Å². The van der Waals surface area contributed by atoms with Gasteiger partial charge in [-0.3, -0.25) is 9.82 Å². The molecule has 3 rings (SSSR count). The van der Waals surface area contributed by atoms with E-state index < -0.39 is 10.0 Å². The Morgan fingerprint density at radius 2 is 1.70 bits per heavy atom. The molecule has 1 heterocycles. The predicted octanol–water partition coefficient (Wildman–Crippen LogP) is 3.49. The average Bonchev–Trinajstić information content (AvgIpc) is 2.95. The van der Waals surface area contributed by atoms with E-state index in [0.717, 1.165) is 22.4 Å². The zero-order valence-corrected chi connectivity index (χ0v) is 13.7. The van der Waals surface area contributed by atoms with Crippen LogP contribution in [0.15, 0.2) is 59.5 Å². The molecule has 0 saturated heterocycles. The van der Waals surface area contributed by atoms with Gasteiger partial charge in [0, 0.05) is 6.07 Å². The number of nitrogens with zero attached hydrogens (tertiary/aromatic N) is 1. The van der Waals surface area contributed by atoms with Crippen molar-refractivity contribution >= 4 is 15.8 Å². The molecule has 23 heavy (non-hydrogen) atoms. The number of benzene rings is 2. The quantitative estimate of drug-likeness (QED) is 0.770. The standard InChI is InChI=1S/C17H17N3O2S/c1-12-6-8-15(9-7-12)23(21,22)20-17-11-16(18-19-17)14-5-3-4-13(2)10-14/h3-11H,1-2H3,(H2,18,19,20). The van der Waals surface area contributed by atoms with E-state index >= 15 is 0 Å². The number of rotatable bonds is 4. The largest absolute Gasteiger partial charge is 0.276 e. The summed E-state index contributed by atoms with van der Waals surface area (Å²) in [6.45, 7) is 3.91. The number of aromatic nitrogens is 2. The fourth-order valence-corrected chi connectivity index (χ4v) is 3.24. The van der Waals surface area contributed by atoms with Gasteiger partial charge in [-0.05, 0) is 37.6 Å². The third kappa shape index (κ3) is 3.43. The molecule has 2 N–H and O–H groups in total. The van der Waals surface area contributed by atoms with Crippen LogP contribution >= 0.6 is 0 Å². The number of hydrogen-bond donors (Lipinski definition) is 2. The Hall–Kier alpha value is -2.60. The second kappa shape index (κ2) is 5.89. The van der Waals surface area contributed by atoms with Crippen LogP contribution in [-0.4, -0.2) is 18.6 Å². The van der Waals surface area contributed by atoms with Gasteiger partial charge in [0.15, 0.2) is 5.82 Å². The molecule has 0 fully saturated rings. The lowest BCUT2D eigenvalue weighted by molar-refractivity contribution is 0.601. The van der Waals surface area contributed by atoms with E-state index in [4.69, 9.17) is 0 Å². The SMILES string of the molecule is Cc1ccc(S(=O)(=O)Nc2cc(-c3cccc(C)c3)[nH]n2)cc1. The summed E-state index contributed by atoms with van der Waals surface area (Å²) in [6.07, 6.45) is 0. The maximum atomic E-state index is 12.3. The van der Waals surface area contributed by atoms with E-state index in [9.17, 15) is 8.42 Å². The summed E-state index contributed by atoms with van der Waals surface area (Å²) in [6, 6.07) is 16.2. The molecule has 0 aliphatic heterocycles. The van der Waals surface area contributed by atoms with Crippen LogP contribution in [0.4, 0.5) is 5.82 Å². The van der Waals surface area contributed by atoms with Gasteiger partial charge in [0.1, 0.15) is 0 Å². The highest BCUT2D eigenvalue weighted by Gasteiger charge is 2.15. The maximum absolute atomic E-state index is 12.3. The molecular formula is C17H17N3O2S. The van der Waals surface area contributed by atoms with Gasteiger partial charge in [-0.25, -0.2) is 8.42 Å². The lowest BCUT2D eigenvalue weighted by Gasteiger charge is -2.05. The Balaban J connectivity index is 1.85. The Kier molecular flexibility index (Phi) is 3.92. The molecule has 0 unspecified atom stereocenters. The van der Waals surface area contributed by atoms with Gasteiger partial charge in [-0.1, -0.05) is 41.5 Å². The molecule has 1 aromatic heterocycles. The highest BCUT2D eigenvalue weighted by atomic mass is 32.2. The van der Waals surface area contributed by atoms with Gasteiger partial charge >= 0.3 is 0 Å². The van der Waals surface area contributed by atoms with Gasteiger partial charge in [0.05, 0.1) is 10.6 Å². The molecule has 0 aliphatic carbocycles. The molecular weight excluding hydrogens is 310 g/mol. The molecule has 2 aromatic carbocycles. The first-order chi connectivity index (χ1) is 10.9. The molecule has 0 aliphatic rings. The monoisotopic (exact) mass is 327 g/mol. The van der Waals surface area contributed by atoms with Gasteiger partial charge in [-0.15, -0.1) is 0 Å². The summed E-state index contributed by atoms with van der Waals surface area (Å²) in [7, 11) is -3.64. The zero-order chi connectivity index (χ0) is 16.4. The smallest absolute Gasteiger partial charge is 0.263 e. The summed E-state index contributed by atoms with van der Waals surface area (Å²) in [5.74, 6) is 0.266. The van der Waals surface area contributed by atoms with Crippen LogP contribution in [-0.2, 0) is 10.0 Å². The number of hydrogen-bond acceptors (Lipinski definition) is 3. The third-order valence-electron chi connectivity index (χ3n) is 3.48. The highest BCUT2D eigenvalue weighted by molar-refractivity contribution is 7.92. The molecule has 5 nitrogen and oxygen atoms in total. The predicted molar refractivity (Wildman–Crippen MR) is 90.7 cm³/mol. The zero-order valence-electron chi connectivity index (χ0n) is 12.9. The number of aryl methyl sites for hydroxylation is 2. The van der Waals surface area contributed by atoms with Crippen LogP contribution in [0.3, 0.4) is 0 Å². The lowest BCUT2D eigenvalue weighted by Crippen LogP contribution is -2.13. The highest BCUT2D eigenvalue weighted by Crippen LogP contribution is 2.22. The van der Waals surface area contributed by atoms with Crippen molar-refractivity contribution in [1.29, 1.82) is 0 Å². The average molecular weight is 327 g/mol. The van der Waals surface area contributed by atoms with Crippen molar-refractivity contribution in [2.45, 2.75) is 18.7 Å².